The van der Waals surface area contributed by atoms with Gasteiger partial charge in [0.2, 0.25) is 0 Å². The number of urea groups is 1. The van der Waals surface area contributed by atoms with E-state index >= 15 is 0 Å². The molecule has 0 aliphatic carbocycles. The van der Waals surface area contributed by atoms with Crippen molar-refractivity contribution in [2.75, 3.05) is 39.2 Å². The molecule has 11 heteroatoms. The van der Waals surface area contributed by atoms with Crippen LogP contribution in [0, 0.1) is 5.82 Å². The molecule has 0 bridgehead atoms. The first-order valence-corrected chi connectivity index (χ1v) is 13.1. The molecule has 0 spiro atoms. The fraction of sp³-hybridized carbons (Fsp3) is 0.444. The predicted octanol–water partition coefficient (Wildman–Crippen LogP) is 5.05. The maximum Gasteiger partial charge on any atom is 0.416 e. The van der Waals surface area contributed by atoms with E-state index in [0.29, 0.717) is 54.4 Å². The summed E-state index contributed by atoms with van der Waals surface area (Å²) in [7, 11) is 3.52. The molecular formula is C27H32ClFN5O4+. The number of hydrogen-bond acceptors (Lipinski definition) is 7. The quantitative estimate of drug-likeness (QED) is 0.419. The Morgan fingerprint density at radius 2 is 2.00 bits per heavy atom. The zero-order valence-corrected chi connectivity index (χ0v) is 22.4. The largest absolute Gasteiger partial charge is 0.493 e. The molecule has 2 amide bonds. The lowest BCUT2D eigenvalue weighted by atomic mass is 10.1. The number of methoxy groups -OCH3 is 1. The zero-order chi connectivity index (χ0) is 26.9. The van der Waals surface area contributed by atoms with Crippen molar-refractivity contribution in [2.45, 2.75) is 44.4 Å². The van der Waals surface area contributed by atoms with E-state index < -0.39 is 5.82 Å². The number of halogens is 2. The van der Waals surface area contributed by atoms with E-state index in [4.69, 9.17) is 25.8 Å². The molecule has 9 nitrogen and oxygen atoms in total. The smallest absolute Gasteiger partial charge is 0.416 e. The third-order valence-electron chi connectivity index (χ3n) is 7.59. The first-order valence-electron chi connectivity index (χ1n) is 12.7. The van der Waals surface area contributed by atoms with Gasteiger partial charge >= 0.3 is 6.03 Å². The van der Waals surface area contributed by atoms with Crippen molar-refractivity contribution in [2.24, 2.45) is 0 Å². The van der Waals surface area contributed by atoms with E-state index in [1.807, 2.05) is 7.05 Å². The van der Waals surface area contributed by atoms with Crippen LogP contribution in [0.2, 0.25) is 5.02 Å². The molecule has 38 heavy (non-hydrogen) atoms. The van der Waals surface area contributed by atoms with Crippen LogP contribution in [0.4, 0.5) is 20.7 Å². The van der Waals surface area contributed by atoms with Gasteiger partial charge in [-0.3, -0.25) is 0 Å². The van der Waals surface area contributed by atoms with Crippen LogP contribution in [-0.2, 0) is 4.74 Å². The molecule has 5 rings (SSSR count). The molecule has 0 radical (unpaired) electrons. The number of ether oxygens (including phenoxy) is 3. The number of amides is 2. The number of benzene rings is 2. The zero-order valence-electron chi connectivity index (χ0n) is 21.7. The van der Waals surface area contributed by atoms with E-state index in [-0.39, 0.29) is 39.4 Å². The van der Waals surface area contributed by atoms with Gasteiger partial charge in [0.25, 0.3) is 0 Å². The fourth-order valence-corrected chi connectivity index (χ4v) is 5.32. The second kappa shape index (κ2) is 10.9. The van der Waals surface area contributed by atoms with Crippen LogP contribution in [0.15, 0.2) is 36.7 Å². The summed E-state index contributed by atoms with van der Waals surface area (Å²) in [4.78, 5) is 22.0. The van der Waals surface area contributed by atoms with Crippen molar-refractivity contribution >= 4 is 40.0 Å². The van der Waals surface area contributed by atoms with Crippen LogP contribution >= 0.6 is 11.6 Å². The number of quaternary nitrogens is 1. The van der Waals surface area contributed by atoms with Crippen molar-refractivity contribution in [1.29, 1.82) is 0 Å². The van der Waals surface area contributed by atoms with Crippen LogP contribution in [0.5, 0.6) is 11.5 Å². The number of carbonyl (C=O) groups excluding carboxylic acids is 1. The molecule has 3 aromatic rings. The summed E-state index contributed by atoms with van der Waals surface area (Å²) in [6, 6.07) is 8.47. The number of carbonyl (C=O) groups is 1. The Kier molecular flexibility index (Phi) is 7.56. The summed E-state index contributed by atoms with van der Waals surface area (Å²) < 4.78 is 32.3. The summed E-state index contributed by atoms with van der Waals surface area (Å²) in [6.07, 6.45) is 3.53. The van der Waals surface area contributed by atoms with Gasteiger partial charge in [0.1, 0.15) is 18.7 Å². The number of fused-ring (bicyclic) bond motifs is 1. The minimum atomic E-state index is -0.568. The van der Waals surface area contributed by atoms with Crippen LogP contribution in [0.1, 0.15) is 26.2 Å². The minimum Gasteiger partial charge on any atom is -0.493 e. The third kappa shape index (κ3) is 5.21. The highest BCUT2D eigenvalue weighted by Gasteiger charge is 2.48. The molecule has 2 unspecified atom stereocenters. The maximum atomic E-state index is 14.6. The molecule has 2 aromatic carbocycles. The molecule has 2 N–H and O–H groups in total. The van der Waals surface area contributed by atoms with E-state index in [1.54, 1.807) is 31.4 Å². The Morgan fingerprint density at radius 3 is 2.76 bits per heavy atom. The number of anilines is 2. The molecule has 3 heterocycles. The highest BCUT2D eigenvalue weighted by molar-refractivity contribution is 6.31. The summed E-state index contributed by atoms with van der Waals surface area (Å²) >= 11 is 5.95. The maximum absolute atomic E-state index is 14.6. The molecule has 2 aliphatic rings. The van der Waals surface area contributed by atoms with Gasteiger partial charge in [0, 0.05) is 37.1 Å². The van der Waals surface area contributed by atoms with Gasteiger partial charge in [-0.2, -0.15) is 0 Å². The number of nitrogens with zero attached hydrogens (tertiary/aromatic N) is 3. The molecule has 1 aromatic heterocycles. The third-order valence-corrected chi connectivity index (χ3v) is 7.88. The second-order valence-electron chi connectivity index (χ2n) is 10.1. The van der Waals surface area contributed by atoms with Crippen molar-refractivity contribution in [1.82, 2.24) is 15.3 Å². The first-order chi connectivity index (χ1) is 18.3. The number of hydrogen-bond donors (Lipinski definition) is 2. The van der Waals surface area contributed by atoms with Crippen LogP contribution in [0.3, 0.4) is 0 Å². The molecular weight excluding hydrogens is 513 g/mol. The van der Waals surface area contributed by atoms with E-state index in [0.717, 1.165) is 12.8 Å². The summed E-state index contributed by atoms with van der Waals surface area (Å²) in [6.45, 7) is 3.92. The van der Waals surface area contributed by atoms with Crippen molar-refractivity contribution < 1.29 is 27.9 Å². The van der Waals surface area contributed by atoms with Gasteiger partial charge in [-0.15, -0.1) is 0 Å². The Hall–Kier alpha value is -3.21. The molecule has 3 atom stereocenters. The van der Waals surface area contributed by atoms with Gasteiger partial charge in [-0.05, 0) is 38.0 Å². The molecule has 2 saturated heterocycles. The molecule has 202 valence electrons. The number of rotatable bonds is 6. The van der Waals surface area contributed by atoms with Crippen LogP contribution in [-0.4, -0.2) is 72.6 Å². The lowest BCUT2D eigenvalue weighted by Gasteiger charge is -2.33. The van der Waals surface area contributed by atoms with Gasteiger partial charge < -0.3 is 24.8 Å². The highest BCUT2D eigenvalue weighted by Crippen LogP contribution is 2.38. The van der Waals surface area contributed by atoms with Gasteiger partial charge in [0.05, 0.1) is 36.4 Å². The van der Waals surface area contributed by atoms with Crippen molar-refractivity contribution in [3.63, 3.8) is 0 Å². The summed E-state index contributed by atoms with van der Waals surface area (Å²) in [5, 5.41) is 6.87. The van der Waals surface area contributed by atoms with E-state index in [1.165, 1.54) is 12.4 Å². The summed E-state index contributed by atoms with van der Waals surface area (Å²) in [5.74, 6) is 0.846. The molecule has 2 fully saturated rings. The predicted molar refractivity (Wildman–Crippen MR) is 143 cm³/mol. The lowest BCUT2D eigenvalue weighted by molar-refractivity contribution is -0.841. The number of nitrogens with one attached hydrogen (secondary N) is 2. The standard InChI is InChI=1S/C27H31ClFN5O4/c1-16-11-18(14-34(16,2)27(35)32-17-7-9-37-10-8-17)38-24-12-19-22(13-23(24)36-3)30-15-31-26(19)33-21-6-4-5-20(28)25(21)29/h4-6,12-13,15-18H,7-11,14H2,1-3H3,(H-,30,31,32,33,35)/p+1/t16?,18-,34?/m1/s1. The summed E-state index contributed by atoms with van der Waals surface area (Å²) in [5.41, 5.74) is 0.800. The van der Waals surface area contributed by atoms with Crippen molar-refractivity contribution in [3.8, 4) is 11.5 Å². The minimum absolute atomic E-state index is 0.00408. The number of likely N-dealkylation sites (tertiary alicyclic amines) is 1. The average molecular weight is 545 g/mol. The average Bonchev–Trinajstić information content (AvgIpc) is 3.21. The lowest BCUT2D eigenvalue weighted by Crippen LogP contribution is -2.59. The van der Waals surface area contributed by atoms with Gasteiger partial charge in [0.15, 0.2) is 23.4 Å². The van der Waals surface area contributed by atoms with Crippen molar-refractivity contribution in [3.05, 3.63) is 47.5 Å². The number of likely N-dealkylation sites (N-methyl/N-ethyl adjacent to an activating group) is 1. The highest BCUT2D eigenvalue weighted by atomic mass is 35.5. The fourth-order valence-electron chi connectivity index (χ4n) is 5.15. The Bertz CT molecular complexity index is 1340. The Labute approximate surface area is 225 Å². The number of aromatic nitrogens is 2. The first kappa shape index (κ1) is 26.4. The van der Waals surface area contributed by atoms with E-state index in [9.17, 15) is 9.18 Å². The van der Waals surface area contributed by atoms with E-state index in [2.05, 4.69) is 27.5 Å². The second-order valence-corrected chi connectivity index (χ2v) is 10.5. The normalized spacial score (nSPS) is 23.8. The van der Waals surface area contributed by atoms with Crippen LogP contribution < -0.4 is 20.1 Å². The monoisotopic (exact) mass is 544 g/mol. The van der Waals surface area contributed by atoms with Gasteiger partial charge in [-0.25, -0.2) is 23.6 Å². The van der Waals surface area contributed by atoms with Gasteiger partial charge in [-0.1, -0.05) is 17.7 Å². The molecule has 0 saturated carbocycles. The Morgan fingerprint density at radius 1 is 1.21 bits per heavy atom. The van der Waals surface area contributed by atoms with Crippen LogP contribution in [0.25, 0.3) is 10.9 Å². The molecule has 2 aliphatic heterocycles. The topological polar surface area (TPSA) is 94.6 Å². The Balaban J connectivity index is 1.38. The SMILES string of the molecule is COc1cc2ncnc(Nc3cccc(Cl)c3F)c2cc1O[C@@H]1CC(C)[N+](C)(C(=O)NC2CCOCC2)C1.